The van der Waals surface area contributed by atoms with Crippen LogP contribution in [0.3, 0.4) is 0 Å². The number of methoxy groups -OCH3 is 3. The molecule has 0 atom stereocenters. The van der Waals surface area contributed by atoms with E-state index in [1.54, 1.807) is 25.1 Å². The predicted molar refractivity (Wildman–Crippen MR) is 117 cm³/mol. The van der Waals surface area contributed by atoms with Crippen LogP contribution in [0.4, 0.5) is 16.3 Å². The first-order valence-corrected chi connectivity index (χ1v) is 10.0. The van der Waals surface area contributed by atoms with Crippen molar-refractivity contribution >= 4 is 17.5 Å². The highest BCUT2D eigenvalue weighted by Gasteiger charge is 2.20. The number of fused-ring (bicyclic) bond motifs is 1. The number of nitrogens with one attached hydrogen (secondary N) is 3. The number of hydrogen-bond acceptors (Lipinski definition) is 7. The lowest BCUT2D eigenvalue weighted by Crippen LogP contribution is -2.23. The monoisotopic (exact) mass is 440 g/mol. The molecule has 1 aliphatic rings. The van der Waals surface area contributed by atoms with Crippen molar-refractivity contribution in [3.05, 3.63) is 45.5 Å². The Morgan fingerprint density at radius 2 is 1.78 bits per heavy atom. The number of ether oxygens (including phenoxy) is 3. The minimum atomic E-state index is -0.524. The molecule has 3 N–H and O–H groups in total. The average molecular weight is 440 g/mol. The molecule has 0 radical (unpaired) electrons. The predicted octanol–water partition coefficient (Wildman–Crippen LogP) is 2.42. The normalized spacial score (nSPS) is 12.2. The smallest absolute Gasteiger partial charge is 0.324 e. The van der Waals surface area contributed by atoms with Gasteiger partial charge in [0.15, 0.2) is 11.5 Å². The molecule has 3 aromatic rings. The summed E-state index contributed by atoms with van der Waals surface area (Å²) >= 11 is 0. The number of aromatic amines is 1. The molecular weight excluding hydrogens is 416 g/mol. The molecule has 2 heterocycles. The van der Waals surface area contributed by atoms with Crippen molar-refractivity contribution in [1.29, 1.82) is 0 Å². The zero-order valence-corrected chi connectivity index (χ0v) is 18.2. The first kappa shape index (κ1) is 21.2. The van der Waals surface area contributed by atoms with Crippen LogP contribution in [0, 0.1) is 6.92 Å². The van der Waals surface area contributed by atoms with Crippen LogP contribution in [-0.4, -0.2) is 47.1 Å². The Hall–Kier alpha value is -4.02. The number of aryl methyl sites for hydroxylation is 2. The maximum Gasteiger partial charge on any atom is 0.324 e. The van der Waals surface area contributed by atoms with Crippen molar-refractivity contribution in [3.8, 4) is 23.2 Å². The third kappa shape index (κ3) is 3.96. The number of rotatable bonds is 6. The van der Waals surface area contributed by atoms with Crippen LogP contribution in [0.2, 0.25) is 0 Å². The summed E-state index contributed by atoms with van der Waals surface area (Å²) in [5.74, 6) is 1.84. The van der Waals surface area contributed by atoms with Gasteiger partial charge in [0, 0.05) is 23.8 Å². The minimum Gasteiger partial charge on any atom is -0.493 e. The number of anilines is 2. The van der Waals surface area contributed by atoms with Crippen molar-refractivity contribution in [1.82, 2.24) is 19.7 Å². The van der Waals surface area contributed by atoms with Gasteiger partial charge in [-0.05, 0) is 26.2 Å². The highest BCUT2D eigenvalue weighted by molar-refractivity contribution is 5.99. The molecule has 0 bridgehead atoms. The standard InChI is InChI=1S/C21H24N6O5/c1-11-8-17(27(26-11)20-23-14-7-5-6-13(14)19(28)25-20)24-21(29)22-12-9-15(30-2)18(32-4)16(10-12)31-3/h8-10H,5-7H2,1-4H3,(H2,22,24,29)(H,23,25,28). The van der Waals surface area contributed by atoms with Crippen LogP contribution in [0.15, 0.2) is 23.0 Å². The van der Waals surface area contributed by atoms with E-state index in [0.29, 0.717) is 40.0 Å². The SMILES string of the molecule is COc1cc(NC(=O)Nc2cc(C)nn2-c2nc3c(c(=O)[nH]2)CCC3)cc(OC)c1OC. The van der Waals surface area contributed by atoms with E-state index in [0.717, 1.165) is 25.0 Å². The van der Waals surface area contributed by atoms with Crippen molar-refractivity contribution in [2.45, 2.75) is 26.2 Å². The van der Waals surface area contributed by atoms with Gasteiger partial charge in [-0.2, -0.15) is 9.78 Å². The molecular formula is C21H24N6O5. The van der Waals surface area contributed by atoms with Gasteiger partial charge in [-0.15, -0.1) is 0 Å². The van der Waals surface area contributed by atoms with E-state index in [2.05, 4.69) is 25.7 Å². The van der Waals surface area contributed by atoms with Gasteiger partial charge in [0.05, 0.1) is 38.4 Å². The third-order valence-electron chi connectivity index (χ3n) is 5.13. The second kappa shape index (κ2) is 8.61. The van der Waals surface area contributed by atoms with Gasteiger partial charge in [0.1, 0.15) is 5.82 Å². The van der Waals surface area contributed by atoms with Crippen LogP contribution in [-0.2, 0) is 12.8 Å². The van der Waals surface area contributed by atoms with Crippen molar-refractivity contribution in [2.24, 2.45) is 0 Å². The first-order valence-electron chi connectivity index (χ1n) is 10.0. The third-order valence-corrected chi connectivity index (χ3v) is 5.13. The highest BCUT2D eigenvalue weighted by atomic mass is 16.5. The summed E-state index contributed by atoms with van der Waals surface area (Å²) in [5.41, 5.74) is 2.39. The molecule has 1 aliphatic carbocycles. The summed E-state index contributed by atoms with van der Waals surface area (Å²) in [4.78, 5) is 32.4. The highest BCUT2D eigenvalue weighted by Crippen LogP contribution is 2.39. The number of amides is 2. The summed E-state index contributed by atoms with van der Waals surface area (Å²) in [7, 11) is 4.49. The molecule has 0 fully saturated rings. The Morgan fingerprint density at radius 1 is 1.06 bits per heavy atom. The number of carbonyl (C=O) groups excluding carboxylic acids is 1. The van der Waals surface area contributed by atoms with E-state index >= 15 is 0 Å². The van der Waals surface area contributed by atoms with Crippen molar-refractivity contribution in [2.75, 3.05) is 32.0 Å². The number of urea groups is 1. The van der Waals surface area contributed by atoms with E-state index in [4.69, 9.17) is 14.2 Å². The summed E-state index contributed by atoms with van der Waals surface area (Å²) in [6.07, 6.45) is 2.37. The Labute approximate surface area is 183 Å². The zero-order valence-electron chi connectivity index (χ0n) is 18.2. The second-order valence-corrected chi connectivity index (χ2v) is 7.24. The van der Waals surface area contributed by atoms with Crippen LogP contribution >= 0.6 is 0 Å². The van der Waals surface area contributed by atoms with Gasteiger partial charge in [-0.1, -0.05) is 0 Å². The van der Waals surface area contributed by atoms with Crippen LogP contribution in [0.5, 0.6) is 17.2 Å². The molecule has 2 aromatic heterocycles. The maximum absolute atomic E-state index is 12.7. The summed E-state index contributed by atoms with van der Waals surface area (Å²) in [6, 6.07) is 4.39. The minimum absolute atomic E-state index is 0.177. The number of hydrogen-bond donors (Lipinski definition) is 3. The van der Waals surface area contributed by atoms with E-state index in [9.17, 15) is 9.59 Å². The summed E-state index contributed by atoms with van der Waals surface area (Å²) in [5, 5.41) is 9.85. The molecule has 0 aliphatic heterocycles. The molecule has 0 saturated heterocycles. The Kier molecular flexibility index (Phi) is 5.71. The fourth-order valence-corrected chi connectivity index (χ4v) is 3.71. The second-order valence-electron chi connectivity index (χ2n) is 7.24. The molecule has 168 valence electrons. The first-order chi connectivity index (χ1) is 15.4. The molecule has 0 unspecified atom stereocenters. The van der Waals surface area contributed by atoms with Gasteiger partial charge in [-0.25, -0.2) is 9.78 Å². The summed E-state index contributed by atoms with van der Waals surface area (Å²) < 4.78 is 17.3. The van der Waals surface area contributed by atoms with E-state index < -0.39 is 6.03 Å². The average Bonchev–Trinajstić information content (AvgIpc) is 3.39. The molecule has 32 heavy (non-hydrogen) atoms. The van der Waals surface area contributed by atoms with E-state index in [-0.39, 0.29) is 11.5 Å². The Morgan fingerprint density at radius 3 is 2.44 bits per heavy atom. The molecule has 11 heteroatoms. The van der Waals surface area contributed by atoms with Crippen LogP contribution in [0.1, 0.15) is 23.4 Å². The van der Waals surface area contributed by atoms with Crippen LogP contribution in [0.25, 0.3) is 5.95 Å². The van der Waals surface area contributed by atoms with Crippen LogP contribution < -0.4 is 30.4 Å². The quantitative estimate of drug-likeness (QED) is 0.536. The molecule has 1 aromatic carbocycles. The molecule has 4 rings (SSSR count). The fourth-order valence-electron chi connectivity index (χ4n) is 3.71. The van der Waals surface area contributed by atoms with Gasteiger partial charge in [0.2, 0.25) is 11.7 Å². The number of H-pyrrole nitrogens is 1. The molecule has 2 amide bonds. The maximum atomic E-state index is 12.7. The number of nitrogens with zero attached hydrogens (tertiary/aromatic N) is 3. The lowest BCUT2D eigenvalue weighted by atomic mass is 10.2. The van der Waals surface area contributed by atoms with Gasteiger partial charge < -0.3 is 19.5 Å². The Balaban J connectivity index is 1.59. The Bertz CT molecular complexity index is 1210. The van der Waals surface area contributed by atoms with E-state index in [1.165, 1.54) is 26.0 Å². The van der Waals surface area contributed by atoms with Gasteiger partial charge in [-0.3, -0.25) is 15.1 Å². The van der Waals surface area contributed by atoms with Crippen molar-refractivity contribution < 1.29 is 19.0 Å². The van der Waals surface area contributed by atoms with E-state index in [1.807, 2.05) is 0 Å². The van der Waals surface area contributed by atoms with Crippen molar-refractivity contribution in [3.63, 3.8) is 0 Å². The topological polar surface area (TPSA) is 132 Å². The number of benzene rings is 1. The number of aromatic nitrogens is 4. The molecule has 0 spiro atoms. The largest absolute Gasteiger partial charge is 0.493 e. The molecule has 11 nitrogen and oxygen atoms in total. The summed E-state index contributed by atoms with van der Waals surface area (Å²) in [6.45, 7) is 1.78. The lowest BCUT2D eigenvalue weighted by Gasteiger charge is -2.15. The fraction of sp³-hybridized carbons (Fsp3) is 0.333. The lowest BCUT2D eigenvalue weighted by molar-refractivity contribution is 0.262. The van der Waals surface area contributed by atoms with Gasteiger partial charge >= 0.3 is 6.03 Å². The van der Waals surface area contributed by atoms with Gasteiger partial charge in [0.25, 0.3) is 5.56 Å². The zero-order chi connectivity index (χ0) is 22.8. The molecule has 0 saturated carbocycles. The number of carbonyl (C=O) groups is 1.